The Bertz CT molecular complexity index is 1230. The zero-order valence-electron chi connectivity index (χ0n) is 17.2. The number of terminal acetylenes is 1. The van der Waals surface area contributed by atoms with Crippen molar-refractivity contribution >= 4 is 49.0 Å². The van der Waals surface area contributed by atoms with E-state index in [2.05, 4.69) is 47.9 Å². The Labute approximate surface area is 197 Å². The minimum atomic E-state index is -0.218. The Morgan fingerprint density at radius 2 is 2.03 bits per heavy atom. The van der Waals surface area contributed by atoms with Crippen LogP contribution in [0.1, 0.15) is 31.7 Å². The van der Waals surface area contributed by atoms with Gasteiger partial charge in [-0.2, -0.15) is 9.78 Å². The number of nitrogens with zero attached hydrogens (tertiary/aromatic N) is 3. The van der Waals surface area contributed by atoms with Crippen LogP contribution >= 0.6 is 31.9 Å². The van der Waals surface area contributed by atoms with Crippen LogP contribution in [0.25, 0.3) is 10.9 Å². The first-order valence-corrected chi connectivity index (χ1v) is 11.3. The van der Waals surface area contributed by atoms with Gasteiger partial charge in [-0.15, -0.1) is 6.42 Å². The van der Waals surface area contributed by atoms with Gasteiger partial charge in [0.1, 0.15) is 12.4 Å². The van der Waals surface area contributed by atoms with Crippen LogP contribution in [-0.4, -0.2) is 29.1 Å². The third-order valence-corrected chi connectivity index (χ3v) is 5.39. The molecule has 8 heteroatoms. The molecule has 3 rings (SSSR count). The molecule has 0 fully saturated rings. The van der Waals surface area contributed by atoms with Crippen molar-refractivity contribution in [3.63, 3.8) is 0 Å². The number of hydrogen-bond acceptors (Lipinski definition) is 5. The lowest BCUT2D eigenvalue weighted by Gasteiger charge is -2.13. The van der Waals surface area contributed by atoms with Gasteiger partial charge >= 0.3 is 0 Å². The zero-order chi connectivity index (χ0) is 22.4. The molecule has 3 aromatic rings. The number of hydrogen-bond donors (Lipinski definition) is 0. The Hall–Kier alpha value is -2.63. The minimum absolute atomic E-state index is 0.125. The normalized spacial score (nSPS) is 11.1. The van der Waals surface area contributed by atoms with Crippen LogP contribution in [-0.2, 0) is 6.42 Å². The quantitative estimate of drug-likeness (QED) is 0.289. The number of ether oxygens (including phenoxy) is 2. The van der Waals surface area contributed by atoms with Gasteiger partial charge in [-0.25, -0.2) is 4.98 Å². The molecule has 0 bridgehead atoms. The van der Waals surface area contributed by atoms with Gasteiger partial charge in [-0.1, -0.05) is 28.8 Å². The molecule has 0 radical (unpaired) electrons. The minimum Gasteiger partial charge on any atom is -0.490 e. The highest BCUT2D eigenvalue weighted by Crippen LogP contribution is 2.36. The highest BCUT2D eigenvalue weighted by atomic mass is 79.9. The smallest absolute Gasteiger partial charge is 0.282 e. The summed E-state index contributed by atoms with van der Waals surface area (Å²) in [5.74, 6) is 4.11. The Morgan fingerprint density at radius 3 is 2.74 bits per heavy atom. The summed E-state index contributed by atoms with van der Waals surface area (Å²) >= 11 is 6.91. The van der Waals surface area contributed by atoms with Gasteiger partial charge in [0.2, 0.25) is 0 Å². The van der Waals surface area contributed by atoms with Crippen molar-refractivity contribution < 1.29 is 9.47 Å². The second-order valence-corrected chi connectivity index (χ2v) is 8.33. The van der Waals surface area contributed by atoms with E-state index >= 15 is 0 Å². The number of fused-ring (bicyclic) bond motifs is 1. The average molecular weight is 547 g/mol. The van der Waals surface area contributed by atoms with Crippen molar-refractivity contribution in [2.24, 2.45) is 5.10 Å². The Kier molecular flexibility index (Phi) is 7.88. The van der Waals surface area contributed by atoms with Gasteiger partial charge in [0.25, 0.3) is 5.56 Å². The van der Waals surface area contributed by atoms with Gasteiger partial charge in [0.05, 0.1) is 28.2 Å². The lowest BCUT2D eigenvalue weighted by Crippen LogP contribution is -2.22. The van der Waals surface area contributed by atoms with Crippen molar-refractivity contribution in [3.05, 3.63) is 61.0 Å². The SMILES string of the molecule is C#CCOc1c(Br)cc(C=Nn2c(CCC)nc3ccc(Br)cc3c2=O)cc1OCC. The van der Waals surface area contributed by atoms with Crippen LogP contribution in [0, 0.1) is 12.3 Å². The fourth-order valence-electron chi connectivity index (χ4n) is 3.00. The molecule has 1 heterocycles. The van der Waals surface area contributed by atoms with E-state index in [4.69, 9.17) is 15.9 Å². The van der Waals surface area contributed by atoms with Crippen LogP contribution in [0.3, 0.4) is 0 Å². The number of halogens is 2. The molecule has 31 heavy (non-hydrogen) atoms. The Morgan fingerprint density at radius 1 is 1.23 bits per heavy atom. The van der Waals surface area contributed by atoms with Gasteiger partial charge in [-0.3, -0.25) is 4.79 Å². The maximum Gasteiger partial charge on any atom is 0.282 e. The molecular formula is C23H21Br2N3O3. The van der Waals surface area contributed by atoms with Crippen molar-refractivity contribution in [2.75, 3.05) is 13.2 Å². The molecule has 1 aromatic heterocycles. The number of rotatable bonds is 8. The van der Waals surface area contributed by atoms with E-state index in [-0.39, 0.29) is 12.2 Å². The van der Waals surface area contributed by atoms with E-state index in [0.717, 1.165) is 16.5 Å². The summed E-state index contributed by atoms with van der Waals surface area (Å²) < 4.78 is 14.1. The van der Waals surface area contributed by atoms with Crippen molar-refractivity contribution in [1.82, 2.24) is 9.66 Å². The van der Waals surface area contributed by atoms with Crippen LogP contribution in [0.4, 0.5) is 0 Å². The molecule has 160 valence electrons. The third kappa shape index (κ3) is 5.35. The average Bonchev–Trinajstić information content (AvgIpc) is 2.74. The standard InChI is InChI=1S/C23H21Br2N3O3/c1-4-7-21-27-19-9-8-16(24)13-17(19)23(29)28(21)26-14-15-11-18(25)22(31-10-5-2)20(12-15)30-6-3/h2,8-9,11-14H,4,6-7,10H2,1,3H3. The highest BCUT2D eigenvalue weighted by molar-refractivity contribution is 9.10. The maximum absolute atomic E-state index is 13.1. The van der Waals surface area contributed by atoms with Crippen molar-refractivity contribution in [3.8, 4) is 23.8 Å². The topological polar surface area (TPSA) is 65.7 Å². The van der Waals surface area contributed by atoms with Crippen LogP contribution in [0.2, 0.25) is 0 Å². The monoisotopic (exact) mass is 545 g/mol. The van der Waals surface area contributed by atoms with Gasteiger partial charge in [0, 0.05) is 10.9 Å². The molecule has 0 aliphatic rings. The molecule has 0 unspecified atom stereocenters. The summed E-state index contributed by atoms with van der Waals surface area (Å²) in [6.07, 6.45) is 8.37. The predicted octanol–water partition coefficient (Wildman–Crippen LogP) is 5.17. The maximum atomic E-state index is 13.1. The number of aryl methyl sites for hydroxylation is 1. The third-order valence-electron chi connectivity index (χ3n) is 4.30. The largest absolute Gasteiger partial charge is 0.490 e. The summed E-state index contributed by atoms with van der Waals surface area (Å²) in [6, 6.07) is 9.07. The number of aromatic nitrogens is 2. The number of benzene rings is 2. The Balaban J connectivity index is 2.08. The van der Waals surface area contributed by atoms with Gasteiger partial charge < -0.3 is 9.47 Å². The summed E-state index contributed by atoms with van der Waals surface area (Å²) in [7, 11) is 0. The summed E-state index contributed by atoms with van der Waals surface area (Å²) in [5, 5.41) is 4.96. The molecular weight excluding hydrogens is 526 g/mol. The van der Waals surface area contributed by atoms with E-state index < -0.39 is 0 Å². The molecule has 0 spiro atoms. The van der Waals surface area contributed by atoms with Crippen molar-refractivity contribution in [2.45, 2.75) is 26.7 Å². The molecule has 2 aromatic carbocycles. The predicted molar refractivity (Wildman–Crippen MR) is 130 cm³/mol. The molecule has 0 aliphatic heterocycles. The second kappa shape index (κ2) is 10.6. The molecule has 0 N–H and O–H groups in total. The van der Waals surface area contributed by atoms with Gasteiger partial charge in [-0.05, 0) is 65.2 Å². The van der Waals surface area contributed by atoms with E-state index in [1.54, 1.807) is 18.3 Å². The van der Waals surface area contributed by atoms with E-state index in [1.807, 2.05) is 32.0 Å². The first-order chi connectivity index (χ1) is 15.0. The van der Waals surface area contributed by atoms with E-state index in [0.29, 0.717) is 45.7 Å². The molecule has 0 saturated carbocycles. The molecule has 0 saturated heterocycles. The van der Waals surface area contributed by atoms with Crippen LogP contribution in [0.15, 0.2) is 49.2 Å². The molecule has 0 amide bonds. The molecule has 6 nitrogen and oxygen atoms in total. The first kappa shape index (κ1) is 23.0. The van der Waals surface area contributed by atoms with E-state index in [9.17, 15) is 4.79 Å². The summed E-state index contributed by atoms with van der Waals surface area (Å²) in [5.41, 5.74) is 1.16. The summed E-state index contributed by atoms with van der Waals surface area (Å²) in [4.78, 5) is 17.8. The lowest BCUT2D eigenvalue weighted by atomic mass is 10.2. The van der Waals surface area contributed by atoms with Crippen LogP contribution < -0.4 is 15.0 Å². The molecule has 0 aliphatic carbocycles. The summed E-state index contributed by atoms with van der Waals surface area (Å²) in [6.45, 7) is 4.50. The molecule has 0 atom stereocenters. The van der Waals surface area contributed by atoms with Gasteiger partial charge in [0.15, 0.2) is 11.5 Å². The fourth-order valence-corrected chi connectivity index (χ4v) is 3.94. The highest BCUT2D eigenvalue weighted by Gasteiger charge is 2.13. The first-order valence-electron chi connectivity index (χ1n) is 9.76. The fraction of sp³-hybridized carbons (Fsp3) is 0.261. The second-order valence-electron chi connectivity index (χ2n) is 6.56. The lowest BCUT2D eigenvalue weighted by molar-refractivity contribution is 0.298. The van der Waals surface area contributed by atoms with Crippen molar-refractivity contribution in [1.29, 1.82) is 0 Å². The van der Waals surface area contributed by atoms with E-state index in [1.165, 1.54) is 4.68 Å². The zero-order valence-corrected chi connectivity index (χ0v) is 20.4. The van der Waals surface area contributed by atoms with Crippen LogP contribution in [0.5, 0.6) is 11.5 Å².